The first-order chi connectivity index (χ1) is 6.07. The quantitative estimate of drug-likeness (QED) is 0.578. The number of hydrogen-bond acceptors (Lipinski definition) is 1. The number of aliphatic imine (C=N–C) groups is 1. The van der Waals surface area contributed by atoms with E-state index in [4.69, 9.17) is 0 Å². The Labute approximate surface area is 80.5 Å². The third kappa shape index (κ3) is 1.80. The molecule has 1 aromatic rings. The van der Waals surface area contributed by atoms with Crippen LogP contribution in [0.25, 0.3) is 0 Å². The zero-order valence-corrected chi connectivity index (χ0v) is 9.10. The largest absolute Gasteiger partial charge is 0.261 e. The van der Waals surface area contributed by atoms with E-state index in [9.17, 15) is 0 Å². The molecule has 0 aliphatic rings. The van der Waals surface area contributed by atoms with Crippen LogP contribution in [0.3, 0.4) is 0 Å². The molecule has 13 heavy (non-hydrogen) atoms. The highest BCUT2D eigenvalue weighted by Crippen LogP contribution is 2.28. The summed E-state index contributed by atoms with van der Waals surface area (Å²) in [4.78, 5) is 4.38. The topological polar surface area (TPSA) is 12.4 Å². The number of rotatable bonds is 1. The van der Waals surface area contributed by atoms with Gasteiger partial charge in [0.2, 0.25) is 0 Å². The van der Waals surface area contributed by atoms with Gasteiger partial charge in [-0.2, -0.15) is 0 Å². The summed E-state index contributed by atoms with van der Waals surface area (Å²) in [5, 5.41) is 0. The lowest BCUT2D eigenvalue weighted by Crippen LogP contribution is -1.90. The van der Waals surface area contributed by atoms with E-state index in [2.05, 4.69) is 38.8 Å². The van der Waals surface area contributed by atoms with E-state index in [1.165, 1.54) is 22.3 Å². The van der Waals surface area contributed by atoms with E-state index in [0.717, 1.165) is 5.69 Å². The second kappa shape index (κ2) is 3.73. The van der Waals surface area contributed by atoms with Gasteiger partial charge in [0.25, 0.3) is 0 Å². The fourth-order valence-electron chi connectivity index (χ4n) is 1.60. The Hall–Kier alpha value is -1.11. The first-order valence-electron chi connectivity index (χ1n) is 4.64. The molecule has 0 amide bonds. The van der Waals surface area contributed by atoms with Gasteiger partial charge in [0.15, 0.2) is 0 Å². The van der Waals surface area contributed by atoms with Gasteiger partial charge in [-0.05, 0) is 56.9 Å². The maximum absolute atomic E-state index is 4.38. The lowest BCUT2D eigenvalue weighted by Gasteiger charge is -2.10. The van der Waals surface area contributed by atoms with Crippen molar-refractivity contribution >= 4 is 11.9 Å². The van der Waals surface area contributed by atoms with Gasteiger partial charge in [0.1, 0.15) is 0 Å². The summed E-state index contributed by atoms with van der Waals surface area (Å²) in [6.45, 7) is 10.5. The lowest BCUT2D eigenvalue weighted by atomic mass is 9.99. The van der Waals surface area contributed by atoms with Crippen molar-refractivity contribution in [3.05, 3.63) is 28.3 Å². The SMILES string of the molecule is C/C=N/c1c(C)cc(C)c(C)c1C. The number of aryl methyl sites for hydroxylation is 2. The highest BCUT2D eigenvalue weighted by molar-refractivity contribution is 5.66. The fourth-order valence-corrected chi connectivity index (χ4v) is 1.60. The minimum absolute atomic E-state index is 1.13. The van der Waals surface area contributed by atoms with Crippen LogP contribution in [0.5, 0.6) is 0 Å². The minimum atomic E-state index is 1.13. The summed E-state index contributed by atoms with van der Waals surface area (Å²) in [5.74, 6) is 0. The molecular formula is C12H17N. The summed E-state index contributed by atoms with van der Waals surface area (Å²) in [6, 6.07) is 2.20. The highest BCUT2D eigenvalue weighted by atomic mass is 14.7. The first kappa shape index (κ1) is 9.97. The molecule has 0 aromatic heterocycles. The van der Waals surface area contributed by atoms with Crippen LogP contribution in [0, 0.1) is 27.7 Å². The van der Waals surface area contributed by atoms with E-state index in [-0.39, 0.29) is 0 Å². The summed E-state index contributed by atoms with van der Waals surface area (Å²) < 4.78 is 0. The van der Waals surface area contributed by atoms with E-state index in [1.807, 2.05) is 13.1 Å². The molecule has 0 radical (unpaired) electrons. The maximum atomic E-state index is 4.38. The van der Waals surface area contributed by atoms with Gasteiger partial charge < -0.3 is 0 Å². The Morgan fingerprint density at radius 1 is 1.00 bits per heavy atom. The summed E-state index contributed by atoms with van der Waals surface area (Å²) in [5.41, 5.74) is 6.40. The molecule has 0 aliphatic carbocycles. The molecular weight excluding hydrogens is 158 g/mol. The molecule has 0 bridgehead atoms. The molecule has 1 rings (SSSR count). The van der Waals surface area contributed by atoms with Crippen LogP contribution in [0.15, 0.2) is 11.1 Å². The van der Waals surface area contributed by atoms with Crippen molar-refractivity contribution in [2.24, 2.45) is 4.99 Å². The second-order valence-corrected chi connectivity index (χ2v) is 3.50. The predicted octanol–water partition coefficient (Wildman–Crippen LogP) is 3.64. The molecule has 1 aromatic carbocycles. The molecule has 0 atom stereocenters. The van der Waals surface area contributed by atoms with Gasteiger partial charge in [-0.3, -0.25) is 4.99 Å². The minimum Gasteiger partial charge on any atom is -0.261 e. The maximum Gasteiger partial charge on any atom is 0.0686 e. The summed E-state index contributed by atoms with van der Waals surface area (Å²) in [6.07, 6.45) is 1.85. The van der Waals surface area contributed by atoms with E-state index in [1.54, 1.807) is 0 Å². The molecule has 1 heteroatoms. The Morgan fingerprint density at radius 3 is 2.15 bits per heavy atom. The number of hydrogen-bond donors (Lipinski definition) is 0. The Balaban J connectivity index is 3.43. The molecule has 0 spiro atoms. The van der Waals surface area contributed by atoms with Crippen molar-refractivity contribution in [1.82, 2.24) is 0 Å². The molecule has 1 nitrogen and oxygen atoms in total. The second-order valence-electron chi connectivity index (χ2n) is 3.50. The molecule has 0 heterocycles. The Morgan fingerprint density at radius 2 is 1.62 bits per heavy atom. The van der Waals surface area contributed by atoms with Crippen LogP contribution < -0.4 is 0 Å². The average Bonchev–Trinajstić information content (AvgIpc) is 2.09. The van der Waals surface area contributed by atoms with Crippen LogP contribution in [-0.2, 0) is 0 Å². The molecule has 0 fully saturated rings. The van der Waals surface area contributed by atoms with E-state index < -0.39 is 0 Å². The van der Waals surface area contributed by atoms with Crippen molar-refractivity contribution in [2.75, 3.05) is 0 Å². The number of benzene rings is 1. The van der Waals surface area contributed by atoms with Crippen LogP contribution in [0.1, 0.15) is 29.2 Å². The van der Waals surface area contributed by atoms with Gasteiger partial charge >= 0.3 is 0 Å². The van der Waals surface area contributed by atoms with Crippen LogP contribution >= 0.6 is 0 Å². The first-order valence-corrected chi connectivity index (χ1v) is 4.64. The third-order valence-electron chi connectivity index (χ3n) is 2.57. The van der Waals surface area contributed by atoms with Gasteiger partial charge in [-0.1, -0.05) is 6.07 Å². The molecule has 0 saturated heterocycles. The van der Waals surface area contributed by atoms with E-state index in [0.29, 0.717) is 0 Å². The van der Waals surface area contributed by atoms with Crippen molar-refractivity contribution < 1.29 is 0 Å². The Bertz CT molecular complexity index is 349. The standard InChI is InChI=1S/C12H17N/c1-6-13-12-9(3)7-8(2)10(4)11(12)5/h6-7H,1-5H3/b13-6+. The predicted molar refractivity (Wildman–Crippen MR) is 59.2 cm³/mol. The lowest BCUT2D eigenvalue weighted by molar-refractivity contribution is 1.22. The smallest absolute Gasteiger partial charge is 0.0686 e. The van der Waals surface area contributed by atoms with Gasteiger partial charge in [-0.15, -0.1) is 0 Å². The van der Waals surface area contributed by atoms with Gasteiger partial charge in [-0.25, -0.2) is 0 Å². The fraction of sp³-hybridized carbons (Fsp3) is 0.417. The van der Waals surface area contributed by atoms with E-state index >= 15 is 0 Å². The molecule has 0 aliphatic heterocycles. The summed E-state index contributed by atoms with van der Waals surface area (Å²) >= 11 is 0. The van der Waals surface area contributed by atoms with Gasteiger partial charge in [0.05, 0.1) is 5.69 Å². The van der Waals surface area contributed by atoms with Crippen LogP contribution in [-0.4, -0.2) is 6.21 Å². The van der Waals surface area contributed by atoms with Crippen LogP contribution in [0.2, 0.25) is 0 Å². The Kier molecular flexibility index (Phi) is 2.86. The third-order valence-corrected chi connectivity index (χ3v) is 2.57. The van der Waals surface area contributed by atoms with Gasteiger partial charge in [0, 0.05) is 6.21 Å². The summed E-state index contributed by atoms with van der Waals surface area (Å²) in [7, 11) is 0. The average molecular weight is 175 g/mol. The zero-order chi connectivity index (χ0) is 10.0. The van der Waals surface area contributed by atoms with Crippen molar-refractivity contribution in [3.63, 3.8) is 0 Å². The van der Waals surface area contributed by atoms with Crippen molar-refractivity contribution in [2.45, 2.75) is 34.6 Å². The molecule has 70 valence electrons. The van der Waals surface area contributed by atoms with Crippen LogP contribution in [0.4, 0.5) is 5.69 Å². The highest BCUT2D eigenvalue weighted by Gasteiger charge is 2.05. The normalized spacial score (nSPS) is 11.2. The molecule has 0 saturated carbocycles. The molecule has 0 unspecified atom stereocenters. The van der Waals surface area contributed by atoms with Crippen molar-refractivity contribution in [3.8, 4) is 0 Å². The molecule has 0 N–H and O–H groups in total. The zero-order valence-electron chi connectivity index (χ0n) is 9.10. The van der Waals surface area contributed by atoms with Crippen molar-refractivity contribution in [1.29, 1.82) is 0 Å². The number of nitrogens with zero attached hydrogens (tertiary/aromatic N) is 1. The monoisotopic (exact) mass is 175 g/mol.